The third-order valence-electron chi connectivity index (χ3n) is 5.25. The number of benzene rings is 1. The SMILES string of the molecule is CCOc1cc(C(=O)N2CCN(Cc3nc(C)c(C)s3)CC2)cc(OCC)c1OCC. The van der Waals surface area contributed by atoms with Gasteiger partial charge in [-0.05, 0) is 46.8 Å². The maximum Gasteiger partial charge on any atom is 0.254 e. The van der Waals surface area contributed by atoms with Gasteiger partial charge in [0.25, 0.3) is 5.91 Å². The average molecular weight is 448 g/mol. The highest BCUT2D eigenvalue weighted by molar-refractivity contribution is 7.11. The molecule has 7 nitrogen and oxygen atoms in total. The number of rotatable bonds is 9. The largest absolute Gasteiger partial charge is 0.490 e. The van der Waals surface area contributed by atoms with Crippen molar-refractivity contribution in [3.8, 4) is 17.2 Å². The van der Waals surface area contributed by atoms with Crippen LogP contribution in [0.1, 0.15) is 46.7 Å². The van der Waals surface area contributed by atoms with Crippen molar-refractivity contribution in [1.82, 2.24) is 14.8 Å². The molecule has 0 aliphatic carbocycles. The molecule has 2 heterocycles. The van der Waals surface area contributed by atoms with Crippen LogP contribution in [0.5, 0.6) is 17.2 Å². The second-order valence-corrected chi connectivity index (χ2v) is 8.71. The van der Waals surface area contributed by atoms with Gasteiger partial charge in [0.05, 0.1) is 32.1 Å². The van der Waals surface area contributed by atoms with E-state index in [-0.39, 0.29) is 5.91 Å². The van der Waals surface area contributed by atoms with Crippen molar-refractivity contribution >= 4 is 17.2 Å². The molecule has 1 aromatic heterocycles. The number of nitrogens with zero attached hydrogens (tertiary/aromatic N) is 3. The number of amides is 1. The van der Waals surface area contributed by atoms with Gasteiger partial charge in [0.2, 0.25) is 5.75 Å². The molecule has 0 radical (unpaired) electrons. The number of piperazine rings is 1. The zero-order chi connectivity index (χ0) is 22.4. The zero-order valence-electron chi connectivity index (χ0n) is 19.2. The second-order valence-electron chi connectivity index (χ2n) is 7.42. The van der Waals surface area contributed by atoms with E-state index in [9.17, 15) is 4.79 Å². The van der Waals surface area contributed by atoms with Gasteiger partial charge in [0, 0.05) is 36.6 Å². The molecule has 0 atom stereocenters. The predicted octanol–water partition coefficient (Wildman–Crippen LogP) is 3.91. The molecule has 1 aromatic carbocycles. The molecule has 0 bridgehead atoms. The molecule has 2 aromatic rings. The standard InChI is InChI=1S/C23H33N3O4S/c1-6-28-19-13-18(14-20(29-7-2)22(19)30-8-3)23(27)26-11-9-25(10-12-26)15-21-24-16(4)17(5)31-21/h13-14H,6-12,15H2,1-5H3. The summed E-state index contributed by atoms with van der Waals surface area (Å²) < 4.78 is 17.3. The Labute approximate surface area is 188 Å². The van der Waals surface area contributed by atoms with Crippen molar-refractivity contribution in [3.05, 3.63) is 33.3 Å². The summed E-state index contributed by atoms with van der Waals surface area (Å²) in [5, 5.41) is 1.14. The van der Waals surface area contributed by atoms with Crippen LogP contribution in [-0.4, -0.2) is 66.7 Å². The minimum absolute atomic E-state index is 0.00876. The lowest BCUT2D eigenvalue weighted by molar-refractivity contribution is 0.0627. The molecule has 1 amide bonds. The molecule has 170 valence electrons. The summed E-state index contributed by atoms with van der Waals surface area (Å²) in [5.74, 6) is 1.64. The van der Waals surface area contributed by atoms with Crippen LogP contribution < -0.4 is 14.2 Å². The Balaban J connectivity index is 1.70. The van der Waals surface area contributed by atoms with Crippen molar-refractivity contribution in [2.75, 3.05) is 46.0 Å². The number of carbonyl (C=O) groups excluding carboxylic acids is 1. The molecule has 1 aliphatic rings. The van der Waals surface area contributed by atoms with Gasteiger partial charge in [-0.3, -0.25) is 9.69 Å². The maximum atomic E-state index is 13.2. The second kappa shape index (κ2) is 10.8. The Bertz CT molecular complexity index is 844. The van der Waals surface area contributed by atoms with Gasteiger partial charge < -0.3 is 19.1 Å². The highest BCUT2D eigenvalue weighted by Crippen LogP contribution is 2.39. The highest BCUT2D eigenvalue weighted by atomic mass is 32.1. The lowest BCUT2D eigenvalue weighted by Crippen LogP contribution is -2.48. The first kappa shape index (κ1) is 23.3. The maximum absolute atomic E-state index is 13.2. The van der Waals surface area contributed by atoms with Crippen LogP contribution in [0.4, 0.5) is 0 Å². The molecule has 3 rings (SSSR count). The molecule has 1 saturated heterocycles. The molecule has 1 fully saturated rings. The molecular weight excluding hydrogens is 414 g/mol. The Morgan fingerprint density at radius 3 is 2.03 bits per heavy atom. The fourth-order valence-corrected chi connectivity index (χ4v) is 4.58. The molecule has 8 heteroatoms. The van der Waals surface area contributed by atoms with Crippen molar-refractivity contribution in [1.29, 1.82) is 0 Å². The molecular formula is C23H33N3O4S. The Morgan fingerprint density at radius 2 is 1.55 bits per heavy atom. The Hall–Kier alpha value is -2.32. The molecule has 0 spiro atoms. The van der Waals surface area contributed by atoms with Crippen molar-refractivity contribution < 1.29 is 19.0 Å². The van der Waals surface area contributed by atoms with E-state index in [0.717, 1.165) is 30.3 Å². The zero-order valence-corrected chi connectivity index (χ0v) is 20.0. The van der Waals surface area contributed by atoms with Gasteiger partial charge in [0.15, 0.2) is 11.5 Å². The highest BCUT2D eigenvalue weighted by Gasteiger charge is 2.25. The van der Waals surface area contributed by atoms with Crippen LogP contribution in [0.2, 0.25) is 0 Å². The summed E-state index contributed by atoms with van der Waals surface area (Å²) in [6.45, 7) is 15.2. The summed E-state index contributed by atoms with van der Waals surface area (Å²) in [5.41, 5.74) is 1.68. The van der Waals surface area contributed by atoms with Gasteiger partial charge in [-0.2, -0.15) is 0 Å². The van der Waals surface area contributed by atoms with E-state index in [2.05, 4.69) is 23.7 Å². The minimum atomic E-state index is -0.00876. The van der Waals surface area contributed by atoms with Crippen LogP contribution >= 0.6 is 11.3 Å². The van der Waals surface area contributed by atoms with E-state index in [4.69, 9.17) is 14.2 Å². The van der Waals surface area contributed by atoms with Crippen LogP contribution in [0.15, 0.2) is 12.1 Å². The number of thiazole rings is 1. The first-order valence-electron chi connectivity index (χ1n) is 11.0. The quantitative estimate of drug-likeness (QED) is 0.581. The number of ether oxygens (including phenoxy) is 3. The van der Waals surface area contributed by atoms with Gasteiger partial charge in [-0.25, -0.2) is 4.98 Å². The molecule has 1 aliphatic heterocycles. The van der Waals surface area contributed by atoms with E-state index >= 15 is 0 Å². The molecule has 31 heavy (non-hydrogen) atoms. The number of aromatic nitrogens is 1. The summed E-state index contributed by atoms with van der Waals surface area (Å²) >= 11 is 1.76. The van der Waals surface area contributed by atoms with Gasteiger partial charge >= 0.3 is 0 Å². The summed E-state index contributed by atoms with van der Waals surface area (Å²) in [4.78, 5) is 23.4. The number of aryl methyl sites for hydroxylation is 2. The van der Waals surface area contributed by atoms with E-state index in [1.807, 2.05) is 25.7 Å². The van der Waals surface area contributed by atoms with E-state index in [1.54, 1.807) is 23.5 Å². The molecule has 0 saturated carbocycles. The van der Waals surface area contributed by atoms with Crippen LogP contribution in [0, 0.1) is 13.8 Å². The monoisotopic (exact) mass is 447 g/mol. The topological polar surface area (TPSA) is 64.1 Å². The van der Waals surface area contributed by atoms with Crippen LogP contribution in [0.25, 0.3) is 0 Å². The lowest BCUT2D eigenvalue weighted by atomic mass is 10.1. The summed E-state index contributed by atoms with van der Waals surface area (Å²) in [7, 11) is 0. The minimum Gasteiger partial charge on any atom is -0.490 e. The molecule has 0 N–H and O–H groups in total. The first-order chi connectivity index (χ1) is 15.0. The predicted molar refractivity (Wildman–Crippen MR) is 123 cm³/mol. The third kappa shape index (κ3) is 5.68. The average Bonchev–Trinajstić information content (AvgIpc) is 3.07. The fourth-order valence-electron chi connectivity index (χ4n) is 3.60. The van der Waals surface area contributed by atoms with Crippen molar-refractivity contribution in [3.63, 3.8) is 0 Å². The Kier molecular flexibility index (Phi) is 8.15. The van der Waals surface area contributed by atoms with Crippen molar-refractivity contribution in [2.24, 2.45) is 0 Å². The Morgan fingerprint density at radius 1 is 0.968 bits per heavy atom. The molecule has 0 unspecified atom stereocenters. The van der Waals surface area contributed by atoms with Gasteiger partial charge in [0.1, 0.15) is 5.01 Å². The number of hydrogen-bond acceptors (Lipinski definition) is 7. The van der Waals surface area contributed by atoms with Crippen LogP contribution in [-0.2, 0) is 6.54 Å². The number of hydrogen-bond donors (Lipinski definition) is 0. The van der Waals surface area contributed by atoms with E-state index in [0.29, 0.717) is 55.7 Å². The number of carbonyl (C=O) groups is 1. The first-order valence-corrected chi connectivity index (χ1v) is 11.8. The summed E-state index contributed by atoms with van der Waals surface area (Å²) in [6, 6.07) is 3.54. The van der Waals surface area contributed by atoms with Crippen LogP contribution in [0.3, 0.4) is 0 Å². The fraction of sp³-hybridized carbons (Fsp3) is 0.565. The van der Waals surface area contributed by atoms with E-state index < -0.39 is 0 Å². The smallest absolute Gasteiger partial charge is 0.254 e. The van der Waals surface area contributed by atoms with Crippen molar-refractivity contribution in [2.45, 2.75) is 41.2 Å². The van der Waals surface area contributed by atoms with E-state index in [1.165, 1.54) is 4.88 Å². The van der Waals surface area contributed by atoms with Gasteiger partial charge in [-0.15, -0.1) is 11.3 Å². The van der Waals surface area contributed by atoms with Gasteiger partial charge in [-0.1, -0.05) is 0 Å². The summed E-state index contributed by atoms with van der Waals surface area (Å²) in [6.07, 6.45) is 0. The lowest BCUT2D eigenvalue weighted by Gasteiger charge is -2.34. The normalized spacial score (nSPS) is 14.5. The third-order valence-corrected chi connectivity index (χ3v) is 6.30.